The number of benzene rings is 3. The minimum absolute atomic E-state index is 0.0619. The second-order valence-electron chi connectivity index (χ2n) is 9.45. The molecule has 1 saturated heterocycles. The highest BCUT2D eigenvalue weighted by atomic mass is 16.5. The van der Waals surface area contributed by atoms with Crippen molar-refractivity contribution in [1.82, 2.24) is 5.32 Å². The van der Waals surface area contributed by atoms with Crippen LogP contribution in [0.2, 0.25) is 0 Å². The first kappa shape index (κ1) is 24.6. The van der Waals surface area contributed by atoms with Crippen LogP contribution >= 0.6 is 0 Å². The number of methoxy groups -OCH3 is 1. The lowest BCUT2D eigenvalue weighted by Crippen LogP contribution is -3.15. The summed E-state index contributed by atoms with van der Waals surface area (Å²) in [7, 11) is 1.67. The molecule has 2 N–H and O–H groups in total. The van der Waals surface area contributed by atoms with Gasteiger partial charge in [0.25, 0.3) is 5.91 Å². The van der Waals surface area contributed by atoms with E-state index < -0.39 is 5.63 Å². The van der Waals surface area contributed by atoms with Crippen molar-refractivity contribution >= 4 is 22.4 Å². The minimum atomic E-state index is -0.503. The van der Waals surface area contributed by atoms with E-state index in [9.17, 15) is 9.59 Å². The van der Waals surface area contributed by atoms with E-state index in [-0.39, 0.29) is 11.7 Å². The summed E-state index contributed by atoms with van der Waals surface area (Å²) in [5.74, 6) is 0.554. The number of nitrogens with zero attached hydrogens (tertiary/aromatic N) is 1. The number of piperazine rings is 1. The van der Waals surface area contributed by atoms with Gasteiger partial charge in [0.1, 0.15) is 5.75 Å². The summed E-state index contributed by atoms with van der Waals surface area (Å²) < 4.78 is 10.9. The molecule has 7 nitrogen and oxygen atoms in total. The van der Waals surface area contributed by atoms with Crippen LogP contribution in [0, 0.1) is 6.92 Å². The van der Waals surface area contributed by atoms with E-state index in [4.69, 9.17) is 9.15 Å². The second-order valence-corrected chi connectivity index (χ2v) is 9.45. The van der Waals surface area contributed by atoms with Crippen LogP contribution in [0.25, 0.3) is 21.9 Å². The molecule has 1 aliphatic heterocycles. The fraction of sp³-hybridized carbons (Fsp3) is 0.267. The van der Waals surface area contributed by atoms with Gasteiger partial charge >= 0.3 is 5.63 Å². The summed E-state index contributed by atoms with van der Waals surface area (Å²) in [5.41, 5.74) is 3.30. The number of ether oxygens (including phenoxy) is 1. The Morgan fingerprint density at radius 1 is 0.973 bits per heavy atom. The Morgan fingerprint density at radius 2 is 1.65 bits per heavy atom. The van der Waals surface area contributed by atoms with Gasteiger partial charge in [-0.3, -0.25) is 4.79 Å². The molecule has 1 fully saturated rings. The zero-order valence-electron chi connectivity index (χ0n) is 21.3. The maximum Gasteiger partial charge on any atom is 0.344 e. The van der Waals surface area contributed by atoms with Crippen LogP contribution in [0.4, 0.5) is 5.69 Å². The maximum absolute atomic E-state index is 13.3. The quantitative estimate of drug-likeness (QED) is 0.410. The van der Waals surface area contributed by atoms with Crippen LogP contribution < -0.4 is 25.5 Å². The van der Waals surface area contributed by atoms with Crippen molar-refractivity contribution in [3.8, 4) is 16.9 Å². The Hall–Kier alpha value is -4.10. The fourth-order valence-electron chi connectivity index (χ4n) is 4.92. The SMILES string of the molecule is COc1ccc(N2CC[NH+](CCNC(=O)c3oc(=O)c4ccccc4c3-c3ccc(C)cc3)CC2)cc1. The summed E-state index contributed by atoms with van der Waals surface area (Å²) >= 11 is 0. The van der Waals surface area contributed by atoms with Crippen LogP contribution in [-0.4, -0.2) is 52.3 Å². The van der Waals surface area contributed by atoms with Crippen LogP contribution in [0.15, 0.2) is 82.0 Å². The molecule has 2 heterocycles. The van der Waals surface area contributed by atoms with Gasteiger partial charge in [-0.05, 0) is 42.8 Å². The molecule has 0 bridgehead atoms. The monoisotopic (exact) mass is 498 g/mol. The Morgan fingerprint density at radius 3 is 2.32 bits per heavy atom. The lowest BCUT2D eigenvalue weighted by atomic mass is 9.97. The molecule has 1 aromatic heterocycles. The summed E-state index contributed by atoms with van der Waals surface area (Å²) in [6.07, 6.45) is 0. The number of carbonyl (C=O) groups excluding carboxylic acids is 1. The largest absolute Gasteiger partial charge is 0.497 e. The van der Waals surface area contributed by atoms with Gasteiger partial charge in [0.2, 0.25) is 5.76 Å². The second kappa shape index (κ2) is 10.9. The van der Waals surface area contributed by atoms with Crippen molar-refractivity contribution in [2.24, 2.45) is 0 Å². The van der Waals surface area contributed by atoms with Crippen molar-refractivity contribution in [2.45, 2.75) is 6.92 Å². The molecule has 37 heavy (non-hydrogen) atoms. The summed E-state index contributed by atoms with van der Waals surface area (Å²) in [5, 5.41) is 4.18. The Balaban J connectivity index is 1.25. The summed E-state index contributed by atoms with van der Waals surface area (Å²) in [6, 6.07) is 23.3. The standard InChI is InChI=1S/C30H31N3O4/c1-21-7-9-22(10-8-21)27-25-5-3-4-6-26(25)30(35)37-28(27)29(34)31-15-16-32-17-19-33(20-18-32)23-11-13-24(36-2)14-12-23/h3-14H,15-20H2,1-2H3,(H,31,34)/p+1. The third kappa shape index (κ3) is 5.37. The van der Waals surface area contributed by atoms with Crippen molar-refractivity contribution in [3.63, 3.8) is 0 Å². The van der Waals surface area contributed by atoms with Gasteiger partial charge in [0.15, 0.2) is 0 Å². The number of hydrogen-bond acceptors (Lipinski definition) is 5. The molecule has 190 valence electrons. The lowest BCUT2D eigenvalue weighted by molar-refractivity contribution is -0.899. The number of anilines is 1. The van der Waals surface area contributed by atoms with Crippen LogP contribution in [0.1, 0.15) is 16.1 Å². The molecule has 0 unspecified atom stereocenters. The number of fused-ring (bicyclic) bond motifs is 1. The van der Waals surface area contributed by atoms with Crippen LogP contribution in [-0.2, 0) is 0 Å². The van der Waals surface area contributed by atoms with Gasteiger partial charge in [-0.25, -0.2) is 4.79 Å². The third-order valence-electron chi connectivity index (χ3n) is 7.06. The van der Waals surface area contributed by atoms with E-state index in [2.05, 4.69) is 22.3 Å². The van der Waals surface area contributed by atoms with Crippen molar-refractivity contribution in [2.75, 3.05) is 51.3 Å². The molecular weight excluding hydrogens is 466 g/mol. The van der Waals surface area contributed by atoms with Crippen molar-refractivity contribution < 1.29 is 18.8 Å². The predicted octanol–water partition coefficient (Wildman–Crippen LogP) is 2.91. The molecule has 4 aromatic rings. The van der Waals surface area contributed by atoms with E-state index in [0.29, 0.717) is 22.9 Å². The molecule has 1 aliphatic rings. The fourth-order valence-corrected chi connectivity index (χ4v) is 4.92. The van der Waals surface area contributed by atoms with E-state index in [1.807, 2.05) is 55.5 Å². The average molecular weight is 499 g/mol. The number of amides is 1. The number of carbonyl (C=O) groups is 1. The summed E-state index contributed by atoms with van der Waals surface area (Å²) in [6.45, 7) is 7.20. The van der Waals surface area contributed by atoms with Gasteiger partial charge in [-0.15, -0.1) is 0 Å². The normalized spacial score (nSPS) is 14.1. The topological polar surface area (TPSA) is 76.2 Å². The molecule has 7 heteroatoms. The first-order valence-electron chi connectivity index (χ1n) is 12.7. The average Bonchev–Trinajstić information content (AvgIpc) is 2.94. The Bertz CT molecular complexity index is 1440. The van der Waals surface area contributed by atoms with E-state index in [0.717, 1.165) is 49.6 Å². The first-order valence-corrected chi connectivity index (χ1v) is 12.7. The molecule has 0 atom stereocenters. The Labute approximate surface area is 216 Å². The highest BCUT2D eigenvalue weighted by Crippen LogP contribution is 2.31. The van der Waals surface area contributed by atoms with E-state index >= 15 is 0 Å². The lowest BCUT2D eigenvalue weighted by Gasteiger charge is -2.33. The maximum atomic E-state index is 13.3. The van der Waals surface area contributed by atoms with E-state index in [1.54, 1.807) is 19.2 Å². The van der Waals surface area contributed by atoms with Gasteiger partial charge < -0.3 is 24.3 Å². The molecule has 1 amide bonds. The molecule has 3 aromatic carbocycles. The third-order valence-corrected chi connectivity index (χ3v) is 7.06. The molecule has 0 aliphatic carbocycles. The first-order chi connectivity index (χ1) is 18.0. The molecule has 0 saturated carbocycles. The molecule has 0 spiro atoms. The number of hydrogen-bond donors (Lipinski definition) is 2. The van der Waals surface area contributed by atoms with E-state index in [1.165, 1.54) is 10.6 Å². The highest BCUT2D eigenvalue weighted by Gasteiger charge is 2.23. The number of aryl methyl sites for hydroxylation is 1. The van der Waals surface area contributed by atoms with Crippen molar-refractivity contribution in [3.05, 3.63) is 94.5 Å². The Kier molecular flexibility index (Phi) is 7.23. The van der Waals surface area contributed by atoms with Gasteiger partial charge in [-0.2, -0.15) is 0 Å². The van der Waals surface area contributed by atoms with Crippen molar-refractivity contribution in [1.29, 1.82) is 0 Å². The number of nitrogens with one attached hydrogen (secondary N) is 2. The van der Waals surface area contributed by atoms with Gasteiger partial charge in [0.05, 0.1) is 51.8 Å². The van der Waals surface area contributed by atoms with Gasteiger partial charge in [-0.1, -0.05) is 48.0 Å². The summed E-state index contributed by atoms with van der Waals surface area (Å²) in [4.78, 5) is 29.8. The van der Waals surface area contributed by atoms with Gasteiger partial charge in [0, 0.05) is 16.6 Å². The molecule has 0 radical (unpaired) electrons. The zero-order chi connectivity index (χ0) is 25.8. The predicted molar refractivity (Wildman–Crippen MR) is 146 cm³/mol. The molecule has 5 rings (SSSR count). The molecular formula is C30H32N3O4+. The minimum Gasteiger partial charge on any atom is -0.497 e. The smallest absolute Gasteiger partial charge is 0.344 e. The number of quaternary nitrogens is 1. The van der Waals surface area contributed by atoms with Crippen LogP contribution in [0.3, 0.4) is 0 Å². The number of rotatable bonds is 7. The highest BCUT2D eigenvalue weighted by molar-refractivity contribution is 6.07. The zero-order valence-corrected chi connectivity index (χ0v) is 21.3. The van der Waals surface area contributed by atoms with Crippen LogP contribution in [0.5, 0.6) is 5.75 Å².